The van der Waals surface area contributed by atoms with Gasteiger partial charge in [-0.3, -0.25) is 15.7 Å². The summed E-state index contributed by atoms with van der Waals surface area (Å²) < 4.78 is 0. The third-order valence-corrected chi connectivity index (χ3v) is 1.58. The molecule has 66 valence electrons. The molecule has 1 heterocycles. The summed E-state index contributed by atoms with van der Waals surface area (Å²) >= 11 is 0. The highest BCUT2D eigenvalue weighted by Gasteiger charge is 2.06. The van der Waals surface area contributed by atoms with Gasteiger partial charge in [0.25, 0.3) is 0 Å². The molecule has 3 N–H and O–H groups in total. The molecule has 12 heavy (non-hydrogen) atoms. The van der Waals surface area contributed by atoms with E-state index in [9.17, 15) is 4.79 Å². The normalized spacial score (nSPS) is 10.3. The Kier molecular flexibility index (Phi) is 2.44. The molecule has 0 aliphatic carbocycles. The van der Waals surface area contributed by atoms with Gasteiger partial charge in [-0.25, -0.2) is 9.78 Å². The minimum absolute atomic E-state index is 0.198. The summed E-state index contributed by atoms with van der Waals surface area (Å²) in [5.74, 6) is 0.508. The minimum atomic E-state index is -0.476. The van der Waals surface area contributed by atoms with Gasteiger partial charge in [0.05, 0.1) is 0 Å². The molecule has 5 heteroatoms. The van der Waals surface area contributed by atoms with E-state index < -0.39 is 5.69 Å². The Balaban J connectivity index is 3.20. The number of hydrogen-bond donors (Lipinski definition) is 3. The van der Waals surface area contributed by atoms with Crippen LogP contribution >= 0.6 is 0 Å². The minimum Gasteiger partial charge on any atom is -0.290 e. The lowest BCUT2D eigenvalue weighted by atomic mass is 10.1. The zero-order valence-electron chi connectivity index (χ0n) is 6.96. The highest BCUT2D eigenvalue weighted by atomic mass is 16.5. The van der Waals surface area contributed by atoms with Crippen molar-refractivity contribution in [3.63, 3.8) is 0 Å². The van der Waals surface area contributed by atoms with Crippen LogP contribution in [0.4, 0.5) is 5.82 Å². The van der Waals surface area contributed by atoms with Crippen LogP contribution in [-0.2, 0) is 0 Å². The number of nitrogens with zero attached hydrogens (tertiary/aromatic N) is 1. The largest absolute Gasteiger partial charge is 0.346 e. The van der Waals surface area contributed by atoms with Crippen molar-refractivity contribution in [3.8, 4) is 0 Å². The molecule has 0 aliphatic heterocycles. The molecule has 0 atom stereocenters. The Hall–Kier alpha value is -1.36. The molecule has 0 fully saturated rings. The molecule has 0 saturated heterocycles. The second-order valence-electron chi connectivity index (χ2n) is 2.79. The molecule has 1 aromatic heterocycles. The number of aromatic amines is 1. The molecule has 0 unspecified atom stereocenters. The SMILES string of the molecule is CC(C)c1cnc(=O)[nH]c1NO. The molecule has 5 nitrogen and oxygen atoms in total. The van der Waals surface area contributed by atoms with Gasteiger partial charge in [0.1, 0.15) is 5.82 Å². The second kappa shape index (κ2) is 3.36. The number of nitrogens with one attached hydrogen (secondary N) is 2. The highest BCUT2D eigenvalue weighted by molar-refractivity contribution is 5.41. The monoisotopic (exact) mass is 169 g/mol. The topological polar surface area (TPSA) is 78.0 Å². The summed E-state index contributed by atoms with van der Waals surface area (Å²) in [5.41, 5.74) is 2.22. The van der Waals surface area contributed by atoms with Gasteiger partial charge >= 0.3 is 5.69 Å². The van der Waals surface area contributed by atoms with Gasteiger partial charge in [0, 0.05) is 11.8 Å². The average Bonchev–Trinajstić information content (AvgIpc) is 2.03. The molecular weight excluding hydrogens is 158 g/mol. The van der Waals surface area contributed by atoms with E-state index in [1.54, 1.807) is 0 Å². The van der Waals surface area contributed by atoms with Crippen molar-refractivity contribution in [1.82, 2.24) is 9.97 Å². The number of H-pyrrole nitrogens is 1. The molecule has 0 bridgehead atoms. The summed E-state index contributed by atoms with van der Waals surface area (Å²) in [6.07, 6.45) is 1.45. The molecule has 1 rings (SSSR count). The fourth-order valence-electron chi connectivity index (χ4n) is 0.934. The second-order valence-corrected chi connectivity index (χ2v) is 2.79. The Morgan fingerprint density at radius 3 is 2.83 bits per heavy atom. The fraction of sp³-hybridized carbons (Fsp3) is 0.429. The van der Waals surface area contributed by atoms with E-state index in [-0.39, 0.29) is 5.92 Å². The van der Waals surface area contributed by atoms with Crippen LogP contribution in [-0.4, -0.2) is 15.2 Å². The van der Waals surface area contributed by atoms with E-state index in [1.807, 2.05) is 19.3 Å². The predicted molar refractivity (Wildman–Crippen MR) is 44.4 cm³/mol. The van der Waals surface area contributed by atoms with Crippen LogP contribution in [0.15, 0.2) is 11.0 Å². The lowest BCUT2D eigenvalue weighted by Crippen LogP contribution is -2.14. The van der Waals surface area contributed by atoms with Crippen LogP contribution in [0, 0.1) is 0 Å². The molecule has 0 saturated carbocycles. The molecule has 0 aromatic carbocycles. The molecule has 0 aliphatic rings. The van der Waals surface area contributed by atoms with E-state index in [2.05, 4.69) is 9.97 Å². The number of aromatic nitrogens is 2. The molecular formula is C7H11N3O2. The first-order chi connectivity index (χ1) is 5.65. The summed E-state index contributed by atoms with van der Waals surface area (Å²) in [4.78, 5) is 16.6. The van der Waals surface area contributed by atoms with Crippen molar-refractivity contribution >= 4 is 5.82 Å². The third-order valence-electron chi connectivity index (χ3n) is 1.58. The Morgan fingerprint density at radius 2 is 2.33 bits per heavy atom. The van der Waals surface area contributed by atoms with E-state index in [0.29, 0.717) is 5.82 Å². The van der Waals surface area contributed by atoms with Gasteiger partial charge in [0.15, 0.2) is 0 Å². The smallest absolute Gasteiger partial charge is 0.290 e. The summed E-state index contributed by atoms with van der Waals surface area (Å²) in [5, 5.41) is 8.64. The molecule has 0 radical (unpaired) electrons. The third kappa shape index (κ3) is 1.62. The predicted octanol–water partition coefficient (Wildman–Crippen LogP) is 0.694. The Labute approximate surface area is 69.4 Å². The Morgan fingerprint density at radius 1 is 1.67 bits per heavy atom. The van der Waals surface area contributed by atoms with E-state index in [0.717, 1.165) is 5.56 Å². The van der Waals surface area contributed by atoms with Gasteiger partial charge in [-0.15, -0.1) is 0 Å². The Bertz CT molecular complexity index is 319. The van der Waals surface area contributed by atoms with Crippen LogP contribution in [0.5, 0.6) is 0 Å². The van der Waals surface area contributed by atoms with Gasteiger partial charge in [-0.05, 0) is 5.92 Å². The van der Waals surface area contributed by atoms with Gasteiger partial charge in [0.2, 0.25) is 0 Å². The lowest BCUT2D eigenvalue weighted by molar-refractivity contribution is 0.384. The van der Waals surface area contributed by atoms with Gasteiger partial charge in [-0.2, -0.15) is 0 Å². The van der Waals surface area contributed by atoms with Crippen LogP contribution in [0.2, 0.25) is 0 Å². The summed E-state index contributed by atoms with van der Waals surface area (Å²) in [7, 11) is 0. The lowest BCUT2D eigenvalue weighted by Gasteiger charge is -2.08. The van der Waals surface area contributed by atoms with Crippen molar-refractivity contribution in [2.24, 2.45) is 0 Å². The highest BCUT2D eigenvalue weighted by Crippen LogP contribution is 2.18. The van der Waals surface area contributed by atoms with Crippen molar-refractivity contribution in [2.45, 2.75) is 19.8 Å². The van der Waals surface area contributed by atoms with Crippen LogP contribution < -0.4 is 11.2 Å². The van der Waals surface area contributed by atoms with E-state index in [1.165, 1.54) is 6.20 Å². The quantitative estimate of drug-likeness (QED) is 0.569. The zero-order chi connectivity index (χ0) is 9.14. The first-order valence-corrected chi connectivity index (χ1v) is 3.64. The zero-order valence-corrected chi connectivity index (χ0v) is 6.96. The van der Waals surface area contributed by atoms with Crippen LogP contribution in [0.25, 0.3) is 0 Å². The molecule has 0 amide bonds. The van der Waals surface area contributed by atoms with Crippen molar-refractivity contribution in [2.75, 3.05) is 5.48 Å². The fourth-order valence-corrected chi connectivity index (χ4v) is 0.934. The number of anilines is 1. The first kappa shape index (κ1) is 8.73. The van der Waals surface area contributed by atoms with Crippen LogP contribution in [0.1, 0.15) is 25.3 Å². The van der Waals surface area contributed by atoms with Crippen LogP contribution in [0.3, 0.4) is 0 Å². The summed E-state index contributed by atoms with van der Waals surface area (Å²) in [6, 6.07) is 0. The van der Waals surface area contributed by atoms with Crippen molar-refractivity contribution in [1.29, 1.82) is 0 Å². The standard InChI is InChI=1S/C7H11N3O2/c1-4(2)5-3-8-7(11)9-6(5)10-12/h3-4,12H,1-2H3,(H2,8,9,10,11). The first-order valence-electron chi connectivity index (χ1n) is 3.64. The number of hydrogen-bond acceptors (Lipinski definition) is 4. The van der Waals surface area contributed by atoms with Gasteiger partial charge in [-0.1, -0.05) is 13.8 Å². The maximum absolute atomic E-state index is 10.7. The molecule has 0 spiro atoms. The maximum atomic E-state index is 10.7. The van der Waals surface area contributed by atoms with Crippen molar-refractivity contribution < 1.29 is 5.21 Å². The van der Waals surface area contributed by atoms with Gasteiger partial charge < -0.3 is 0 Å². The summed E-state index contributed by atoms with van der Waals surface area (Å²) in [6.45, 7) is 3.88. The number of rotatable bonds is 2. The van der Waals surface area contributed by atoms with E-state index in [4.69, 9.17) is 5.21 Å². The maximum Gasteiger partial charge on any atom is 0.346 e. The molecule has 1 aromatic rings. The van der Waals surface area contributed by atoms with E-state index >= 15 is 0 Å². The van der Waals surface area contributed by atoms with Crippen molar-refractivity contribution in [3.05, 3.63) is 22.2 Å². The average molecular weight is 169 g/mol.